The molecule has 0 N–H and O–H groups in total. The van der Waals surface area contributed by atoms with Crippen molar-refractivity contribution in [2.45, 2.75) is 24.8 Å². The number of hydrogen-bond acceptors (Lipinski definition) is 5. The average Bonchev–Trinajstić information content (AvgIpc) is 2.73. The molecule has 0 bridgehead atoms. The maximum atomic E-state index is 13.1. The summed E-state index contributed by atoms with van der Waals surface area (Å²) in [6.45, 7) is 2.63. The van der Waals surface area contributed by atoms with E-state index in [2.05, 4.69) is 11.1 Å². The van der Waals surface area contributed by atoms with Crippen molar-refractivity contribution in [1.82, 2.24) is 9.88 Å². The van der Waals surface area contributed by atoms with Crippen molar-refractivity contribution >= 4 is 5.91 Å². The molecule has 6 nitrogen and oxygen atoms in total. The summed E-state index contributed by atoms with van der Waals surface area (Å²) >= 11 is 0. The van der Waals surface area contributed by atoms with Gasteiger partial charge < -0.3 is 19.1 Å². The topological polar surface area (TPSA) is 60.9 Å². The molecule has 6 heteroatoms. The first-order chi connectivity index (χ1) is 13.2. The highest BCUT2D eigenvalue weighted by Gasteiger charge is 2.43. The highest BCUT2D eigenvalue weighted by Crippen LogP contribution is 2.45. The van der Waals surface area contributed by atoms with Gasteiger partial charge in [-0.2, -0.15) is 0 Å². The molecule has 1 spiro atoms. The number of carbonyl (C=O) groups is 1. The molecule has 1 fully saturated rings. The fourth-order valence-electron chi connectivity index (χ4n) is 4.27. The standard InChI is InChI=1S/C21H24N2O4/c1-25-18-11-16-13-23(20(24)15-3-7-22-8-4-15)14-21(5-9-27-10-6-21)17(16)12-19(18)26-2/h3-4,7-8,11-12H,5-6,9-10,13-14H2,1-2H3. The van der Waals surface area contributed by atoms with Crippen molar-refractivity contribution in [2.75, 3.05) is 34.0 Å². The molecule has 0 radical (unpaired) electrons. The van der Waals surface area contributed by atoms with Crippen LogP contribution in [0.15, 0.2) is 36.7 Å². The Morgan fingerprint density at radius 2 is 1.78 bits per heavy atom. The molecule has 2 aliphatic heterocycles. The lowest BCUT2D eigenvalue weighted by Crippen LogP contribution is -2.50. The largest absolute Gasteiger partial charge is 0.493 e. The summed E-state index contributed by atoms with van der Waals surface area (Å²) in [6, 6.07) is 7.64. The van der Waals surface area contributed by atoms with E-state index >= 15 is 0 Å². The number of carbonyl (C=O) groups excluding carboxylic acids is 1. The van der Waals surface area contributed by atoms with Crippen molar-refractivity contribution in [2.24, 2.45) is 0 Å². The van der Waals surface area contributed by atoms with Crippen LogP contribution < -0.4 is 9.47 Å². The van der Waals surface area contributed by atoms with E-state index < -0.39 is 0 Å². The van der Waals surface area contributed by atoms with Crippen molar-refractivity contribution < 1.29 is 19.0 Å². The molecule has 0 unspecified atom stereocenters. The number of aromatic nitrogens is 1. The predicted octanol–water partition coefficient (Wildman–Crippen LogP) is 2.80. The fraction of sp³-hybridized carbons (Fsp3) is 0.429. The molecule has 2 aromatic rings. The maximum Gasteiger partial charge on any atom is 0.254 e. The Balaban J connectivity index is 1.77. The molecule has 0 saturated carbocycles. The van der Waals surface area contributed by atoms with E-state index in [1.54, 1.807) is 38.7 Å². The number of nitrogens with zero attached hydrogens (tertiary/aromatic N) is 2. The summed E-state index contributed by atoms with van der Waals surface area (Å²) in [5.74, 6) is 1.45. The van der Waals surface area contributed by atoms with Crippen LogP contribution in [0, 0.1) is 0 Å². The molecule has 1 amide bonds. The Labute approximate surface area is 159 Å². The monoisotopic (exact) mass is 368 g/mol. The third-order valence-corrected chi connectivity index (χ3v) is 5.70. The minimum absolute atomic E-state index is 0.0312. The second-order valence-electron chi connectivity index (χ2n) is 7.15. The van der Waals surface area contributed by atoms with Gasteiger partial charge in [-0.05, 0) is 48.2 Å². The maximum absolute atomic E-state index is 13.1. The molecule has 1 aromatic heterocycles. The number of ether oxygens (including phenoxy) is 3. The average molecular weight is 368 g/mol. The lowest BCUT2D eigenvalue weighted by atomic mass is 9.69. The van der Waals surface area contributed by atoms with Gasteiger partial charge in [-0.1, -0.05) is 0 Å². The third-order valence-electron chi connectivity index (χ3n) is 5.70. The zero-order chi connectivity index (χ0) is 18.9. The summed E-state index contributed by atoms with van der Waals surface area (Å²) in [5.41, 5.74) is 2.91. The zero-order valence-corrected chi connectivity index (χ0v) is 15.7. The van der Waals surface area contributed by atoms with Crippen LogP contribution in [0.3, 0.4) is 0 Å². The molecule has 2 aliphatic rings. The second-order valence-corrected chi connectivity index (χ2v) is 7.15. The van der Waals surface area contributed by atoms with E-state index in [-0.39, 0.29) is 11.3 Å². The van der Waals surface area contributed by atoms with Gasteiger partial charge in [0, 0.05) is 49.7 Å². The van der Waals surface area contributed by atoms with E-state index in [1.807, 2.05) is 11.0 Å². The number of rotatable bonds is 3. The first-order valence-electron chi connectivity index (χ1n) is 9.19. The zero-order valence-electron chi connectivity index (χ0n) is 15.7. The van der Waals surface area contributed by atoms with E-state index in [0.717, 1.165) is 24.2 Å². The van der Waals surface area contributed by atoms with Crippen LogP contribution in [0.4, 0.5) is 0 Å². The molecule has 3 heterocycles. The first-order valence-corrected chi connectivity index (χ1v) is 9.19. The number of fused-ring (bicyclic) bond motifs is 2. The molecule has 142 valence electrons. The molecule has 0 atom stereocenters. The molecular formula is C21H24N2O4. The number of amides is 1. The van der Waals surface area contributed by atoms with E-state index in [9.17, 15) is 4.79 Å². The van der Waals surface area contributed by atoms with Gasteiger partial charge >= 0.3 is 0 Å². The fourth-order valence-corrected chi connectivity index (χ4v) is 4.27. The molecule has 27 heavy (non-hydrogen) atoms. The van der Waals surface area contributed by atoms with Crippen LogP contribution in [0.25, 0.3) is 0 Å². The summed E-state index contributed by atoms with van der Waals surface area (Å²) in [7, 11) is 3.29. The van der Waals surface area contributed by atoms with Crippen molar-refractivity contribution in [3.05, 3.63) is 53.3 Å². The van der Waals surface area contributed by atoms with Gasteiger partial charge in [0.2, 0.25) is 0 Å². The highest BCUT2D eigenvalue weighted by molar-refractivity contribution is 5.94. The molecule has 1 saturated heterocycles. The normalized spacial score (nSPS) is 18.1. The summed E-state index contributed by atoms with van der Waals surface area (Å²) in [4.78, 5) is 19.1. The molecule has 4 rings (SSSR count). The Kier molecular flexibility index (Phi) is 4.74. The number of pyridine rings is 1. The summed E-state index contributed by atoms with van der Waals surface area (Å²) in [5, 5.41) is 0. The highest BCUT2D eigenvalue weighted by atomic mass is 16.5. The van der Waals surface area contributed by atoms with Gasteiger partial charge in [-0.15, -0.1) is 0 Å². The molecule has 0 aliphatic carbocycles. The van der Waals surface area contributed by atoms with Gasteiger partial charge in [-0.25, -0.2) is 0 Å². The lowest BCUT2D eigenvalue weighted by Gasteiger charge is -2.46. The van der Waals surface area contributed by atoms with Crippen LogP contribution in [0.5, 0.6) is 11.5 Å². The second kappa shape index (κ2) is 7.19. The number of hydrogen-bond donors (Lipinski definition) is 0. The lowest BCUT2D eigenvalue weighted by molar-refractivity contribution is 0.0236. The van der Waals surface area contributed by atoms with E-state index in [4.69, 9.17) is 14.2 Å². The smallest absolute Gasteiger partial charge is 0.254 e. The van der Waals surface area contributed by atoms with Crippen molar-refractivity contribution in [3.63, 3.8) is 0 Å². The van der Waals surface area contributed by atoms with E-state index in [0.29, 0.717) is 37.6 Å². The quantitative estimate of drug-likeness (QED) is 0.834. The molecular weight excluding hydrogens is 344 g/mol. The van der Waals surface area contributed by atoms with Gasteiger partial charge in [0.15, 0.2) is 11.5 Å². The van der Waals surface area contributed by atoms with Gasteiger partial charge in [-0.3, -0.25) is 9.78 Å². The Morgan fingerprint density at radius 3 is 2.44 bits per heavy atom. The van der Waals surface area contributed by atoms with Crippen LogP contribution in [-0.4, -0.2) is 49.8 Å². The minimum atomic E-state index is -0.117. The van der Waals surface area contributed by atoms with Crippen LogP contribution in [0.2, 0.25) is 0 Å². The van der Waals surface area contributed by atoms with Crippen molar-refractivity contribution in [3.8, 4) is 11.5 Å². The van der Waals surface area contributed by atoms with Crippen LogP contribution in [-0.2, 0) is 16.7 Å². The Bertz CT molecular complexity index is 832. The van der Waals surface area contributed by atoms with Gasteiger partial charge in [0.25, 0.3) is 5.91 Å². The predicted molar refractivity (Wildman–Crippen MR) is 100 cm³/mol. The number of benzene rings is 1. The summed E-state index contributed by atoms with van der Waals surface area (Å²) < 4.78 is 16.7. The van der Waals surface area contributed by atoms with Crippen molar-refractivity contribution in [1.29, 1.82) is 0 Å². The Morgan fingerprint density at radius 1 is 1.11 bits per heavy atom. The third kappa shape index (κ3) is 3.14. The van der Waals surface area contributed by atoms with Crippen LogP contribution in [0.1, 0.15) is 34.3 Å². The summed E-state index contributed by atoms with van der Waals surface area (Å²) in [6.07, 6.45) is 5.08. The first kappa shape index (κ1) is 17.8. The van der Waals surface area contributed by atoms with Gasteiger partial charge in [0.1, 0.15) is 0 Å². The minimum Gasteiger partial charge on any atom is -0.493 e. The molecule has 1 aromatic carbocycles. The van der Waals surface area contributed by atoms with E-state index in [1.165, 1.54) is 5.56 Å². The SMILES string of the molecule is COc1cc2c(cc1OC)C1(CCOCC1)CN(C(=O)c1ccncc1)C2. The van der Waals surface area contributed by atoms with Gasteiger partial charge in [0.05, 0.1) is 14.2 Å². The Hall–Kier alpha value is -2.60. The van der Waals surface area contributed by atoms with Crippen LogP contribution >= 0.6 is 0 Å². The number of methoxy groups -OCH3 is 2.